The van der Waals surface area contributed by atoms with E-state index in [0.717, 1.165) is 23.8 Å². The van der Waals surface area contributed by atoms with Crippen LogP contribution >= 0.6 is 0 Å². The van der Waals surface area contributed by atoms with Crippen molar-refractivity contribution in [3.8, 4) is 0 Å². The Kier molecular flexibility index (Phi) is 6.50. The highest BCUT2D eigenvalue weighted by atomic mass is 15.1. The summed E-state index contributed by atoms with van der Waals surface area (Å²) in [4.78, 5) is 2.53. The predicted octanol–water partition coefficient (Wildman–Crippen LogP) is 2.99. The van der Waals surface area contributed by atoms with Crippen molar-refractivity contribution in [3.63, 3.8) is 0 Å². The van der Waals surface area contributed by atoms with Crippen LogP contribution in [0, 0.1) is 17.8 Å². The average Bonchev–Trinajstić information content (AvgIpc) is 2.29. The third-order valence-corrected chi connectivity index (χ3v) is 4.46. The molecule has 0 bridgehead atoms. The van der Waals surface area contributed by atoms with Crippen molar-refractivity contribution in [3.05, 3.63) is 0 Å². The van der Waals surface area contributed by atoms with Crippen LogP contribution in [0.5, 0.6) is 0 Å². The molecule has 0 radical (unpaired) electrons. The van der Waals surface area contributed by atoms with Gasteiger partial charge in [0.25, 0.3) is 0 Å². The quantitative estimate of drug-likeness (QED) is 0.768. The molecule has 0 aromatic rings. The molecule has 0 amide bonds. The highest BCUT2D eigenvalue weighted by molar-refractivity contribution is 4.88. The van der Waals surface area contributed by atoms with Gasteiger partial charge in [0.05, 0.1) is 0 Å². The van der Waals surface area contributed by atoms with E-state index in [0.29, 0.717) is 0 Å². The van der Waals surface area contributed by atoms with Crippen LogP contribution in [-0.2, 0) is 0 Å². The van der Waals surface area contributed by atoms with Gasteiger partial charge < -0.3 is 10.2 Å². The van der Waals surface area contributed by atoms with Crippen LogP contribution in [0.3, 0.4) is 0 Å². The van der Waals surface area contributed by atoms with Crippen LogP contribution in [0.15, 0.2) is 0 Å². The van der Waals surface area contributed by atoms with Gasteiger partial charge in [0.1, 0.15) is 0 Å². The maximum atomic E-state index is 3.55. The first-order chi connectivity index (χ1) is 8.08. The fraction of sp³-hybridized carbons (Fsp3) is 1.00. The third kappa shape index (κ3) is 4.59. The average molecular weight is 240 g/mol. The van der Waals surface area contributed by atoms with E-state index in [2.05, 4.69) is 45.1 Å². The molecule has 0 heterocycles. The van der Waals surface area contributed by atoms with E-state index >= 15 is 0 Å². The fourth-order valence-corrected chi connectivity index (χ4v) is 3.43. The van der Waals surface area contributed by atoms with Gasteiger partial charge in [0.15, 0.2) is 0 Å². The van der Waals surface area contributed by atoms with Gasteiger partial charge in [-0.1, -0.05) is 27.2 Å². The molecule has 1 aliphatic carbocycles. The minimum atomic E-state index is 0.720. The summed E-state index contributed by atoms with van der Waals surface area (Å²) in [6.07, 6.45) is 5.40. The second-order valence-electron chi connectivity index (χ2n) is 6.23. The molecular formula is C15H32N2. The molecule has 1 N–H and O–H groups in total. The minimum absolute atomic E-state index is 0.720. The molecule has 102 valence electrons. The Bertz CT molecular complexity index is 205. The Labute approximate surface area is 108 Å². The number of hydrogen-bond donors (Lipinski definition) is 1. The monoisotopic (exact) mass is 240 g/mol. The smallest absolute Gasteiger partial charge is 0.0110 e. The van der Waals surface area contributed by atoms with E-state index in [1.54, 1.807) is 0 Å². The molecule has 0 spiro atoms. The molecule has 17 heavy (non-hydrogen) atoms. The number of nitrogens with one attached hydrogen (secondary N) is 1. The third-order valence-electron chi connectivity index (χ3n) is 4.46. The lowest BCUT2D eigenvalue weighted by Crippen LogP contribution is -2.47. The first-order valence-electron chi connectivity index (χ1n) is 7.44. The Hall–Kier alpha value is -0.0800. The van der Waals surface area contributed by atoms with Crippen molar-refractivity contribution in [2.24, 2.45) is 17.8 Å². The summed E-state index contributed by atoms with van der Waals surface area (Å²) in [6, 6.07) is 0.720. The molecule has 0 aromatic carbocycles. The first-order valence-corrected chi connectivity index (χ1v) is 7.44. The van der Waals surface area contributed by atoms with E-state index in [-0.39, 0.29) is 0 Å². The normalized spacial score (nSPS) is 34.2. The van der Waals surface area contributed by atoms with Gasteiger partial charge in [-0.05, 0) is 57.7 Å². The maximum absolute atomic E-state index is 3.55. The highest BCUT2D eigenvalue weighted by Crippen LogP contribution is 2.34. The molecule has 4 unspecified atom stereocenters. The number of nitrogens with zero attached hydrogens (tertiary/aromatic N) is 1. The number of rotatable bonds is 6. The van der Waals surface area contributed by atoms with Crippen molar-refractivity contribution in [2.75, 3.05) is 27.2 Å². The van der Waals surface area contributed by atoms with Crippen LogP contribution in [-0.4, -0.2) is 38.1 Å². The first kappa shape index (κ1) is 15.0. The zero-order valence-electron chi connectivity index (χ0n) is 12.5. The zero-order chi connectivity index (χ0) is 12.8. The molecule has 1 fully saturated rings. The van der Waals surface area contributed by atoms with E-state index < -0.39 is 0 Å². The van der Waals surface area contributed by atoms with Crippen LogP contribution in [0.1, 0.15) is 46.5 Å². The number of hydrogen-bond acceptors (Lipinski definition) is 2. The van der Waals surface area contributed by atoms with E-state index in [1.807, 2.05) is 0 Å². The summed E-state index contributed by atoms with van der Waals surface area (Å²) in [5.41, 5.74) is 0. The number of unbranched alkanes of at least 4 members (excludes halogenated alkanes) is 1. The van der Waals surface area contributed by atoms with Crippen molar-refractivity contribution in [1.29, 1.82) is 0 Å². The van der Waals surface area contributed by atoms with Crippen LogP contribution in [0.4, 0.5) is 0 Å². The summed E-state index contributed by atoms with van der Waals surface area (Å²) in [5, 5.41) is 3.55. The second kappa shape index (κ2) is 7.38. The zero-order valence-corrected chi connectivity index (χ0v) is 12.5. The minimum Gasteiger partial charge on any atom is -0.317 e. The van der Waals surface area contributed by atoms with Gasteiger partial charge in [0.2, 0.25) is 0 Å². The molecule has 1 saturated carbocycles. The summed E-state index contributed by atoms with van der Waals surface area (Å²) >= 11 is 0. The molecule has 1 aliphatic rings. The molecule has 2 nitrogen and oxygen atoms in total. The molecule has 4 atom stereocenters. The second-order valence-corrected chi connectivity index (χ2v) is 6.23. The van der Waals surface area contributed by atoms with E-state index in [1.165, 1.54) is 38.8 Å². The standard InChI is InChI=1S/C15H32N2/c1-6-7-8-17(5)11-14-13(3)9-12(2)10-15(14)16-4/h12-16H,6-11H2,1-5H3. The topological polar surface area (TPSA) is 15.3 Å². The lowest BCUT2D eigenvalue weighted by Gasteiger charge is -2.41. The largest absolute Gasteiger partial charge is 0.317 e. The summed E-state index contributed by atoms with van der Waals surface area (Å²) in [7, 11) is 4.42. The van der Waals surface area contributed by atoms with Crippen molar-refractivity contribution >= 4 is 0 Å². The van der Waals surface area contributed by atoms with Gasteiger partial charge in [0, 0.05) is 12.6 Å². The Morgan fingerprint density at radius 1 is 1.24 bits per heavy atom. The molecule has 0 aliphatic heterocycles. The molecule has 1 rings (SSSR count). The highest BCUT2D eigenvalue weighted by Gasteiger charge is 2.33. The van der Waals surface area contributed by atoms with Crippen LogP contribution in [0.25, 0.3) is 0 Å². The SMILES string of the molecule is CCCCN(C)CC1C(C)CC(C)CC1NC. The molecule has 0 saturated heterocycles. The van der Waals surface area contributed by atoms with Crippen LogP contribution < -0.4 is 5.32 Å². The maximum Gasteiger partial charge on any atom is 0.0110 e. The Morgan fingerprint density at radius 2 is 1.94 bits per heavy atom. The van der Waals surface area contributed by atoms with Crippen molar-refractivity contribution in [2.45, 2.75) is 52.5 Å². The van der Waals surface area contributed by atoms with Gasteiger partial charge in [-0.3, -0.25) is 0 Å². The summed E-state index contributed by atoms with van der Waals surface area (Å²) < 4.78 is 0. The lowest BCUT2D eigenvalue weighted by atomic mass is 9.72. The summed E-state index contributed by atoms with van der Waals surface area (Å²) in [5.74, 6) is 2.58. The Balaban J connectivity index is 2.47. The van der Waals surface area contributed by atoms with E-state index in [4.69, 9.17) is 0 Å². The van der Waals surface area contributed by atoms with Crippen molar-refractivity contribution in [1.82, 2.24) is 10.2 Å². The molecule has 2 heteroatoms. The van der Waals surface area contributed by atoms with Gasteiger partial charge >= 0.3 is 0 Å². The molecule has 0 aromatic heterocycles. The van der Waals surface area contributed by atoms with Crippen molar-refractivity contribution < 1.29 is 0 Å². The van der Waals surface area contributed by atoms with E-state index in [9.17, 15) is 0 Å². The molecular weight excluding hydrogens is 208 g/mol. The Morgan fingerprint density at radius 3 is 2.53 bits per heavy atom. The predicted molar refractivity (Wildman–Crippen MR) is 76.3 cm³/mol. The van der Waals surface area contributed by atoms with Gasteiger partial charge in [-0.25, -0.2) is 0 Å². The fourth-order valence-electron chi connectivity index (χ4n) is 3.43. The van der Waals surface area contributed by atoms with Gasteiger partial charge in [-0.15, -0.1) is 0 Å². The lowest BCUT2D eigenvalue weighted by molar-refractivity contribution is 0.115. The van der Waals surface area contributed by atoms with Gasteiger partial charge in [-0.2, -0.15) is 0 Å². The van der Waals surface area contributed by atoms with Crippen LogP contribution in [0.2, 0.25) is 0 Å². The summed E-state index contributed by atoms with van der Waals surface area (Å²) in [6.45, 7) is 9.64.